The zero-order valence-corrected chi connectivity index (χ0v) is 12.8. The van der Waals surface area contributed by atoms with Crippen molar-refractivity contribution in [2.24, 2.45) is 0 Å². The Morgan fingerprint density at radius 1 is 1.29 bits per heavy atom. The maximum absolute atomic E-state index is 5.86. The molecule has 1 aromatic heterocycles. The van der Waals surface area contributed by atoms with E-state index >= 15 is 0 Å². The van der Waals surface area contributed by atoms with Gasteiger partial charge in [-0.1, -0.05) is 25.1 Å². The molecule has 1 N–H and O–H groups in total. The van der Waals surface area contributed by atoms with Crippen molar-refractivity contribution in [1.29, 1.82) is 0 Å². The number of hydrogen-bond acceptors (Lipinski definition) is 4. The molecule has 0 bridgehead atoms. The minimum absolute atomic E-state index is 0.0854. The molecular weight excluding hydrogens is 262 g/mol. The molecule has 0 amide bonds. The predicted octanol–water partition coefficient (Wildman–Crippen LogP) is 2.59. The summed E-state index contributed by atoms with van der Waals surface area (Å²) < 4.78 is 5.86. The van der Waals surface area contributed by atoms with Gasteiger partial charge in [-0.25, -0.2) is 0 Å². The molecule has 0 radical (unpaired) electrons. The number of hydrogen-bond donors (Lipinski definition) is 1. The molecule has 1 aliphatic rings. The molecule has 0 fully saturated rings. The van der Waals surface area contributed by atoms with Crippen LogP contribution >= 0.6 is 0 Å². The van der Waals surface area contributed by atoms with Crippen LogP contribution in [0.15, 0.2) is 24.3 Å². The minimum atomic E-state index is 0.0854. The van der Waals surface area contributed by atoms with Crippen LogP contribution in [0.2, 0.25) is 0 Å². The van der Waals surface area contributed by atoms with Crippen molar-refractivity contribution >= 4 is 0 Å². The molecule has 21 heavy (non-hydrogen) atoms. The van der Waals surface area contributed by atoms with Crippen LogP contribution in [0.25, 0.3) is 0 Å². The normalized spacial score (nSPS) is 14.6. The highest BCUT2D eigenvalue weighted by Crippen LogP contribution is 2.36. The molecule has 0 saturated heterocycles. The highest BCUT2D eigenvalue weighted by Gasteiger charge is 2.24. The van der Waals surface area contributed by atoms with Gasteiger partial charge in [0.25, 0.3) is 0 Å². The van der Waals surface area contributed by atoms with E-state index in [0.717, 1.165) is 36.6 Å². The first-order chi connectivity index (χ1) is 10.2. The Labute approximate surface area is 125 Å². The molecule has 110 valence electrons. The number of para-hydroxylation sites is 1. The van der Waals surface area contributed by atoms with Crippen LogP contribution in [0.1, 0.15) is 41.0 Å². The molecule has 2 aromatic rings. The molecule has 4 heteroatoms. The highest BCUT2D eigenvalue weighted by atomic mass is 16.5. The molecule has 0 saturated carbocycles. The Bertz CT molecular complexity index is 652. The van der Waals surface area contributed by atoms with E-state index in [1.807, 2.05) is 14.0 Å². The third kappa shape index (κ3) is 2.51. The molecule has 0 aliphatic carbocycles. The van der Waals surface area contributed by atoms with Crippen LogP contribution in [0.5, 0.6) is 5.75 Å². The lowest BCUT2D eigenvalue weighted by atomic mass is 9.94. The molecule has 0 spiro atoms. The molecule has 4 nitrogen and oxygen atoms in total. The predicted molar refractivity (Wildman–Crippen MR) is 82.7 cm³/mol. The van der Waals surface area contributed by atoms with E-state index in [0.29, 0.717) is 0 Å². The van der Waals surface area contributed by atoms with Crippen molar-refractivity contribution in [1.82, 2.24) is 15.5 Å². The Morgan fingerprint density at radius 2 is 2.14 bits per heavy atom. The van der Waals surface area contributed by atoms with Crippen LogP contribution in [-0.2, 0) is 12.8 Å². The van der Waals surface area contributed by atoms with Gasteiger partial charge in [0, 0.05) is 12.0 Å². The highest BCUT2D eigenvalue weighted by molar-refractivity contribution is 5.49. The van der Waals surface area contributed by atoms with Crippen molar-refractivity contribution < 1.29 is 4.74 Å². The van der Waals surface area contributed by atoms with Crippen molar-refractivity contribution in [3.8, 4) is 5.75 Å². The lowest BCUT2D eigenvalue weighted by Crippen LogP contribution is -2.21. The van der Waals surface area contributed by atoms with E-state index in [-0.39, 0.29) is 6.04 Å². The van der Waals surface area contributed by atoms with Gasteiger partial charge < -0.3 is 10.1 Å². The zero-order valence-electron chi connectivity index (χ0n) is 12.8. The summed E-state index contributed by atoms with van der Waals surface area (Å²) in [5.74, 6) is 1.04. The second-order valence-electron chi connectivity index (χ2n) is 5.40. The van der Waals surface area contributed by atoms with Crippen molar-refractivity contribution in [3.05, 3.63) is 52.3 Å². The average molecular weight is 283 g/mol. The van der Waals surface area contributed by atoms with Gasteiger partial charge in [0.2, 0.25) is 0 Å². The van der Waals surface area contributed by atoms with Crippen LogP contribution in [0, 0.1) is 6.92 Å². The fraction of sp³-hybridized carbons (Fsp3) is 0.412. The molecular formula is C17H21N3O. The zero-order chi connectivity index (χ0) is 14.8. The second-order valence-corrected chi connectivity index (χ2v) is 5.40. The van der Waals surface area contributed by atoms with Gasteiger partial charge in [-0.3, -0.25) is 0 Å². The molecule has 1 atom stereocenters. The monoisotopic (exact) mass is 283 g/mol. The molecule has 3 rings (SSSR count). The van der Waals surface area contributed by atoms with Crippen LogP contribution < -0.4 is 10.1 Å². The van der Waals surface area contributed by atoms with Crippen LogP contribution in [0.4, 0.5) is 0 Å². The Hall–Kier alpha value is -1.94. The summed E-state index contributed by atoms with van der Waals surface area (Å²) in [5.41, 5.74) is 5.65. The summed E-state index contributed by atoms with van der Waals surface area (Å²) in [6.45, 7) is 4.87. The fourth-order valence-electron chi connectivity index (χ4n) is 3.01. The van der Waals surface area contributed by atoms with Crippen molar-refractivity contribution in [3.63, 3.8) is 0 Å². The lowest BCUT2D eigenvalue weighted by Gasteiger charge is -2.21. The van der Waals surface area contributed by atoms with E-state index in [1.54, 1.807) is 0 Å². The maximum atomic E-state index is 5.86. The molecule has 2 heterocycles. The maximum Gasteiger partial charge on any atom is 0.127 e. The Balaban J connectivity index is 2.11. The number of nitrogens with one attached hydrogen (secondary N) is 1. The number of nitrogens with zero attached hydrogens (tertiary/aromatic N) is 2. The van der Waals surface area contributed by atoms with E-state index in [9.17, 15) is 0 Å². The largest absolute Gasteiger partial charge is 0.493 e. The van der Waals surface area contributed by atoms with Gasteiger partial charge in [-0.2, -0.15) is 10.2 Å². The van der Waals surface area contributed by atoms with Gasteiger partial charge in [-0.05, 0) is 37.6 Å². The van der Waals surface area contributed by atoms with E-state index in [1.165, 1.54) is 16.7 Å². The number of ether oxygens (including phenoxy) is 1. The summed E-state index contributed by atoms with van der Waals surface area (Å²) in [7, 11) is 1.98. The summed E-state index contributed by atoms with van der Waals surface area (Å²) in [5, 5.41) is 12.0. The van der Waals surface area contributed by atoms with Crippen LogP contribution in [-0.4, -0.2) is 23.9 Å². The quantitative estimate of drug-likeness (QED) is 0.937. The summed E-state index contributed by atoms with van der Waals surface area (Å²) in [4.78, 5) is 0. The molecule has 1 aliphatic heterocycles. The van der Waals surface area contributed by atoms with E-state index in [2.05, 4.69) is 46.7 Å². The summed E-state index contributed by atoms with van der Waals surface area (Å²) in [6, 6.07) is 8.61. The molecule has 1 unspecified atom stereocenters. The average Bonchev–Trinajstić information content (AvgIpc) is 2.97. The number of rotatable bonds is 4. The van der Waals surface area contributed by atoms with Crippen molar-refractivity contribution in [2.75, 3.05) is 13.7 Å². The van der Waals surface area contributed by atoms with Gasteiger partial charge in [-0.15, -0.1) is 0 Å². The van der Waals surface area contributed by atoms with E-state index in [4.69, 9.17) is 4.74 Å². The summed E-state index contributed by atoms with van der Waals surface area (Å²) in [6.07, 6.45) is 1.87. The number of aromatic nitrogens is 2. The first-order valence-corrected chi connectivity index (χ1v) is 7.49. The lowest BCUT2D eigenvalue weighted by molar-refractivity contribution is 0.351. The van der Waals surface area contributed by atoms with E-state index < -0.39 is 0 Å². The third-order valence-electron chi connectivity index (χ3n) is 4.02. The van der Waals surface area contributed by atoms with Crippen molar-refractivity contribution in [2.45, 2.75) is 32.7 Å². The smallest absolute Gasteiger partial charge is 0.127 e. The minimum Gasteiger partial charge on any atom is -0.493 e. The van der Waals surface area contributed by atoms with Gasteiger partial charge >= 0.3 is 0 Å². The summed E-state index contributed by atoms with van der Waals surface area (Å²) >= 11 is 0. The SMILES string of the molecule is CCc1nnc(C)cc1C(NC)c1cccc2c1OCC2. The number of aryl methyl sites for hydroxylation is 2. The first kappa shape index (κ1) is 14.0. The van der Waals surface area contributed by atoms with Gasteiger partial charge in [0.15, 0.2) is 0 Å². The van der Waals surface area contributed by atoms with Crippen LogP contribution in [0.3, 0.4) is 0 Å². The van der Waals surface area contributed by atoms with Gasteiger partial charge in [0.1, 0.15) is 5.75 Å². The second kappa shape index (κ2) is 5.82. The Morgan fingerprint density at radius 3 is 2.90 bits per heavy atom. The number of benzene rings is 1. The number of fused-ring (bicyclic) bond motifs is 1. The topological polar surface area (TPSA) is 47.0 Å². The fourth-order valence-corrected chi connectivity index (χ4v) is 3.01. The molecule has 1 aromatic carbocycles. The van der Waals surface area contributed by atoms with Gasteiger partial charge in [0.05, 0.1) is 24.0 Å². The Kier molecular flexibility index (Phi) is 3.88. The first-order valence-electron chi connectivity index (χ1n) is 7.49. The third-order valence-corrected chi connectivity index (χ3v) is 4.02. The standard InChI is InChI=1S/C17H21N3O/c1-4-15-14(10-11(2)19-20-15)16(18-3)13-7-5-6-12-8-9-21-17(12)13/h5-7,10,16,18H,4,8-9H2,1-3H3.